The van der Waals surface area contributed by atoms with Gasteiger partial charge in [-0.15, -0.1) is 0 Å². The third-order valence-electron chi connectivity index (χ3n) is 4.80. The molecule has 0 bridgehead atoms. The van der Waals surface area contributed by atoms with E-state index in [4.69, 9.17) is 10.2 Å². The summed E-state index contributed by atoms with van der Waals surface area (Å²) in [6, 6.07) is 14.8. The number of urea groups is 1. The Hall–Kier alpha value is -3.19. The number of carbonyl (C=O) groups is 1. The molecule has 0 saturated heterocycles. The van der Waals surface area contributed by atoms with Crippen molar-refractivity contribution in [3.05, 3.63) is 70.3 Å². The molecule has 7 nitrogen and oxygen atoms in total. The summed E-state index contributed by atoms with van der Waals surface area (Å²) in [4.78, 5) is 29.3. The van der Waals surface area contributed by atoms with Crippen molar-refractivity contribution in [2.24, 2.45) is 0 Å². The molecule has 0 unspecified atom stereocenters. The summed E-state index contributed by atoms with van der Waals surface area (Å²) in [5, 5.41) is 11.7. The van der Waals surface area contributed by atoms with E-state index in [0.717, 1.165) is 48.3 Å². The zero-order valence-electron chi connectivity index (χ0n) is 16.5. The summed E-state index contributed by atoms with van der Waals surface area (Å²) in [5.74, 6) is 0.771. The molecule has 0 fully saturated rings. The average Bonchev–Trinajstić information content (AvgIpc) is 2.74. The first-order valence-electron chi connectivity index (χ1n) is 9.92. The number of unbranched alkanes of at least 4 members (excludes halogenated alkanes) is 1. The van der Waals surface area contributed by atoms with Crippen molar-refractivity contribution in [1.82, 2.24) is 20.3 Å². The highest BCUT2D eigenvalue weighted by atomic mass is 16.5. The van der Waals surface area contributed by atoms with Gasteiger partial charge in [0.2, 0.25) is 0 Å². The van der Waals surface area contributed by atoms with Gasteiger partial charge in [0.25, 0.3) is 5.56 Å². The summed E-state index contributed by atoms with van der Waals surface area (Å²) < 4.78 is 1.72. The van der Waals surface area contributed by atoms with Crippen LogP contribution in [-0.4, -0.2) is 27.3 Å². The predicted molar refractivity (Wildman–Crippen MR) is 113 cm³/mol. The highest BCUT2D eigenvalue weighted by Gasteiger charge is 2.14. The highest BCUT2D eigenvalue weighted by Crippen LogP contribution is 2.19. The largest absolute Gasteiger partial charge is 0.338 e. The topological polar surface area (TPSA) is 96.2 Å². The highest BCUT2D eigenvalue weighted by molar-refractivity contribution is 5.81. The molecule has 0 saturated carbocycles. The normalized spacial score (nSPS) is 10.8. The van der Waals surface area contributed by atoms with E-state index in [1.54, 1.807) is 10.0 Å². The molecule has 3 N–H and O–H groups in total. The maximum absolute atomic E-state index is 13.5. The maximum Gasteiger partial charge on any atom is 0.338 e. The molecule has 1 heterocycles. The van der Waals surface area contributed by atoms with Crippen LogP contribution in [0.4, 0.5) is 4.79 Å². The minimum atomic E-state index is -0.617. The number of carbonyl (C=O) groups excluding carboxylic acids is 1. The molecule has 0 aliphatic heterocycles. The molecule has 3 aromatic rings. The molecule has 0 aliphatic carbocycles. The Morgan fingerprint density at radius 3 is 2.59 bits per heavy atom. The average molecular weight is 394 g/mol. The lowest BCUT2D eigenvalue weighted by Gasteiger charge is -2.15. The SMILES string of the molecule is CCCc1nc2cccc(CCCCNC(=O)NO)c2c(=O)n1-c1ccccc1. The number of nitrogens with one attached hydrogen (secondary N) is 2. The maximum atomic E-state index is 13.5. The molecule has 29 heavy (non-hydrogen) atoms. The Morgan fingerprint density at radius 1 is 1.07 bits per heavy atom. The summed E-state index contributed by atoms with van der Waals surface area (Å²) in [6.45, 7) is 2.53. The molecule has 0 aliphatic rings. The molecule has 3 rings (SSSR count). The molecule has 0 radical (unpaired) electrons. The Kier molecular flexibility index (Phi) is 6.97. The molecular formula is C22H26N4O3. The summed E-state index contributed by atoms with van der Waals surface area (Å²) >= 11 is 0. The third kappa shape index (κ3) is 4.81. The number of hydrogen-bond donors (Lipinski definition) is 3. The van der Waals surface area contributed by atoms with Crippen molar-refractivity contribution in [2.45, 2.75) is 39.0 Å². The minimum Gasteiger partial charge on any atom is -0.336 e. The second kappa shape index (κ2) is 9.84. The number of amides is 2. The van der Waals surface area contributed by atoms with Crippen molar-refractivity contribution in [3.63, 3.8) is 0 Å². The standard InChI is InChI=1S/C22H26N4O3/c1-2-9-19-24-18-14-8-11-16(10-6-7-15-23-22(28)25-29)20(18)21(27)26(19)17-12-4-3-5-13-17/h3-5,8,11-14,29H,2,6-7,9-10,15H2,1H3,(H2,23,25,28). The van der Waals surface area contributed by atoms with Crippen LogP contribution < -0.4 is 16.4 Å². The Bertz CT molecular complexity index is 1030. The van der Waals surface area contributed by atoms with Gasteiger partial charge < -0.3 is 5.32 Å². The zero-order chi connectivity index (χ0) is 20.6. The first-order chi connectivity index (χ1) is 14.2. The second-order valence-corrected chi connectivity index (χ2v) is 6.89. The number of para-hydroxylation sites is 1. The van der Waals surface area contributed by atoms with Gasteiger partial charge in [-0.05, 0) is 49.4 Å². The summed E-state index contributed by atoms with van der Waals surface area (Å²) in [5.41, 5.74) is 4.00. The lowest BCUT2D eigenvalue weighted by atomic mass is 10.0. The Morgan fingerprint density at radius 2 is 1.86 bits per heavy atom. The van der Waals surface area contributed by atoms with Crippen molar-refractivity contribution < 1.29 is 10.0 Å². The Balaban J connectivity index is 1.94. The van der Waals surface area contributed by atoms with Gasteiger partial charge in [0, 0.05) is 13.0 Å². The van der Waals surface area contributed by atoms with Gasteiger partial charge in [-0.1, -0.05) is 37.3 Å². The molecule has 0 atom stereocenters. The van der Waals surface area contributed by atoms with Gasteiger partial charge in [0.1, 0.15) is 5.82 Å². The number of hydroxylamine groups is 1. The van der Waals surface area contributed by atoms with E-state index < -0.39 is 6.03 Å². The van der Waals surface area contributed by atoms with Crippen LogP contribution in [0.15, 0.2) is 53.3 Å². The van der Waals surface area contributed by atoms with E-state index in [0.29, 0.717) is 18.4 Å². The van der Waals surface area contributed by atoms with Crippen molar-refractivity contribution in [2.75, 3.05) is 6.54 Å². The van der Waals surface area contributed by atoms with Crippen molar-refractivity contribution >= 4 is 16.9 Å². The Labute approximate surface area is 169 Å². The number of nitrogens with zero attached hydrogens (tertiary/aromatic N) is 2. The molecule has 7 heteroatoms. The van der Waals surface area contributed by atoms with Gasteiger partial charge in [-0.25, -0.2) is 15.3 Å². The fourth-order valence-corrected chi connectivity index (χ4v) is 3.47. The van der Waals surface area contributed by atoms with Crippen LogP contribution in [0, 0.1) is 0 Å². The number of hydrogen-bond acceptors (Lipinski definition) is 4. The summed E-state index contributed by atoms with van der Waals surface area (Å²) in [7, 11) is 0. The molecule has 2 aromatic carbocycles. The van der Waals surface area contributed by atoms with E-state index >= 15 is 0 Å². The van der Waals surface area contributed by atoms with E-state index in [-0.39, 0.29) is 5.56 Å². The fourth-order valence-electron chi connectivity index (χ4n) is 3.47. The number of benzene rings is 2. The van der Waals surface area contributed by atoms with Gasteiger partial charge in [0.05, 0.1) is 16.6 Å². The molecular weight excluding hydrogens is 368 g/mol. The van der Waals surface area contributed by atoms with Crippen LogP contribution in [0.5, 0.6) is 0 Å². The van der Waals surface area contributed by atoms with Gasteiger partial charge in [0.15, 0.2) is 0 Å². The van der Waals surface area contributed by atoms with Crippen LogP contribution in [-0.2, 0) is 12.8 Å². The minimum absolute atomic E-state index is 0.0435. The molecule has 2 amide bonds. The number of fused-ring (bicyclic) bond motifs is 1. The van der Waals surface area contributed by atoms with Crippen LogP contribution in [0.3, 0.4) is 0 Å². The lowest BCUT2D eigenvalue weighted by Crippen LogP contribution is -2.33. The predicted octanol–water partition coefficient (Wildman–Crippen LogP) is 3.35. The van der Waals surface area contributed by atoms with Crippen LogP contribution in [0.2, 0.25) is 0 Å². The van der Waals surface area contributed by atoms with E-state index in [1.165, 1.54) is 0 Å². The van der Waals surface area contributed by atoms with Crippen molar-refractivity contribution in [3.8, 4) is 5.69 Å². The van der Waals surface area contributed by atoms with Crippen molar-refractivity contribution in [1.29, 1.82) is 0 Å². The first kappa shape index (κ1) is 20.5. The van der Waals surface area contributed by atoms with E-state index in [2.05, 4.69) is 12.2 Å². The molecule has 152 valence electrons. The second-order valence-electron chi connectivity index (χ2n) is 6.89. The number of aromatic nitrogens is 2. The van der Waals surface area contributed by atoms with E-state index in [9.17, 15) is 9.59 Å². The van der Waals surface area contributed by atoms with Gasteiger partial charge in [-0.2, -0.15) is 0 Å². The number of rotatable bonds is 8. The number of aryl methyl sites for hydroxylation is 2. The lowest BCUT2D eigenvalue weighted by molar-refractivity contribution is 0.161. The zero-order valence-corrected chi connectivity index (χ0v) is 16.5. The van der Waals surface area contributed by atoms with Gasteiger partial charge in [-0.3, -0.25) is 14.6 Å². The molecule has 0 spiro atoms. The van der Waals surface area contributed by atoms with Crippen LogP contribution in [0.1, 0.15) is 37.6 Å². The smallest absolute Gasteiger partial charge is 0.336 e. The van der Waals surface area contributed by atoms with Crippen LogP contribution >= 0.6 is 0 Å². The monoisotopic (exact) mass is 394 g/mol. The quantitative estimate of drug-likeness (QED) is 0.310. The van der Waals surface area contributed by atoms with E-state index in [1.807, 2.05) is 48.5 Å². The molecule has 1 aromatic heterocycles. The first-order valence-corrected chi connectivity index (χ1v) is 9.92. The van der Waals surface area contributed by atoms with Gasteiger partial charge >= 0.3 is 6.03 Å². The van der Waals surface area contributed by atoms with Crippen LogP contribution in [0.25, 0.3) is 16.6 Å². The third-order valence-corrected chi connectivity index (χ3v) is 4.80. The fraction of sp³-hybridized carbons (Fsp3) is 0.318. The summed E-state index contributed by atoms with van der Waals surface area (Å²) in [6.07, 6.45) is 3.87.